The van der Waals surface area contributed by atoms with Gasteiger partial charge < -0.3 is 5.32 Å². The van der Waals surface area contributed by atoms with Crippen LogP contribution < -0.4 is 5.32 Å². The van der Waals surface area contributed by atoms with Gasteiger partial charge >= 0.3 is 0 Å². The standard InChI is InChI=1S/C14H23NO4S2/c1-11-5-6-13(12(2)9-11)14(15-3)10-21(18,19)8-7-20(4,16)17/h5-6,9,14-15H,7-8,10H2,1-4H3. The van der Waals surface area contributed by atoms with E-state index in [0.29, 0.717) is 0 Å². The molecule has 1 rings (SSSR count). The highest BCUT2D eigenvalue weighted by molar-refractivity contribution is 7.94. The molecule has 0 heterocycles. The Kier molecular flexibility index (Phi) is 5.95. The SMILES string of the molecule is CNC(CS(=O)(=O)CCS(C)(=O)=O)c1ccc(C)cc1C. The van der Waals surface area contributed by atoms with Crippen LogP contribution in [0.15, 0.2) is 18.2 Å². The first-order valence-electron chi connectivity index (χ1n) is 6.66. The summed E-state index contributed by atoms with van der Waals surface area (Å²) in [6.07, 6.45) is 1.04. The molecule has 0 amide bonds. The van der Waals surface area contributed by atoms with E-state index in [1.807, 2.05) is 32.0 Å². The number of benzene rings is 1. The first-order valence-corrected chi connectivity index (χ1v) is 10.5. The highest BCUT2D eigenvalue weighted by Gasteiger charge is 2.22. The molecule has 0 bridgehead atoms. The Labute approximate surface area is 127 Å². The average molecular weight is 333 g/mol. The van der Waals surface area contributed by atoms with Crippen molar-refractivity contribution < 1.29 is 16.8 Å². The van der Waals surface area contributed by atoms with Crippen LogP contribution in [0.5, 0.6) is 0 Å². The van der Waals surface area contributed by atoms with Crippen LogP contribution in [-0.2, 0) is 19.7 Å². The van der Waals surface area contributed by atoms with E-state index in [-0.39, 0.29) is 23.3 Å². The molecule has 0 aliphatic rings. The monoisotopic (exact) mass is 333 g/mol. The van der Waals surface area contributed by atoms with Crippen LogP contribution in [0.2, 0.25) is 0 Å². The third-order valence-electron chi connectivity index (χ3n) is 3.33. The fraction of sp³-hybridized carbons (Fsp3) is 0.571. The van der Waals surface area contributed by atoms with Gasteiger partial charge in [0.15, 0.2) is 9.84 Å². The second-order valence-corrected chi connectivity index (χ2v) is 9.93. The summed E-state index contributed by atoms with van der Waals surface area (Å²) < 4.78 is 46.4. The average Bonchev–Trinajstić information content (AvgIpc) is 2.34. The normalized spacial score (nSPS) is 14.1. The maximum atomic E-state index is 12.1. The predicted octanol–water partition coefficient (Wildman–Crippen LogP) is 1.02. The largest absolute Gasteiger partial charge is 0.312 e. The molecule has 1 atom stereocenters. The van der Waals surface area contributed by atoms with Gasteiger partial charge in [-0.15, -0.1) is 0 Å². The zero-order chi connectivity index (χ0) is 16.3. The maximum Gasteiger partial charge on any atom is 0.153 e. The first kappa shape index (κ1) is 18.1. The molecule has 1 unspecified atom stereocenters. The highest BCUT2D eigenvalue weighted by Crippen LogP contribution is 2.20. The summed E-state index contributed by atoms with van der Waals surface area (Å²) in [5, 5.41) is 3.00. The molecule has 0 aliphatic heterocycles. The molecule has 120 valence electrons. The minimum Gasteiger partial charge on any atom is -0.312 e. The Balaban J connectivity index is 2.91. The summed E-state index contributed by atoms with van der Waals surface area (Å²) in [5.74, 6) is -0.781. The van der Waals surface area contributed by atoms with Crippen molar-refractivity contribution in [2.45, 2.75) is 19.9 Å². The Morgan fingerprint density at radius 1 is 1.10 bits per heavy atom. The van der Waals surface area contributed by atoms with Crippen molar-refractivity contribution in [2.75, 3.05) is 30.6 Å². The Morgan fingerprint density at radius 2 is 1.71 bits per heavy atom. The Hall–Kier alpha value is -0.920. The molecule has 0 aliphatic carbocycles. The van der Waals surface area contributed by atoms with Crippen molar-refractivity contribution >= 4 is 19.7 Å². The molecule has 5 nitrogen and oxygen atoms in total. The van der Waals surface area contributed by atoms with Gasteiger partial charge in [-0.25, -0.2) is 16.8 Å². The lowest BCUT2D eigenvalue weighted by Gasteiger charge is -2.19. The summed E-state index contributed by atoms with van der Waals surface area (Å²) in [6.45, 7) is 3.92. The fourth-order valence-electron chi connectivity index (χ4n) is 2.16. The van der Waals surface area contributed by atoms with Crippen molar-refractivity contribution in [3.8, 4) is 0 Å². The molecule has 7 heteroatoms. The lowest BCUT2D eigenvalue weighted by molar-refractivity contribution is 0.572. The molecule has 21 heavy (non-hydrogen) atoms. The van der Waals surface area contributed by atoms with Crippen LogP contribution in [0.1, 0.15) is 22.7 Å². The van der Waals surface area contributed by atoms with E-state index < -0.39 is 19.7 Å². The molecule has 1 aromatic rings. The summed E-state index contributed by atoms with van der Waals surface area (Å²) in [4.78, 5) is 0. The van der Waals surface area contributed by atoms with Crippen LogP contribution in [0, 0.1) is 13.8 Å². The molecule has 0 saturated carbocycles. The quantitative estimate of drug-likeness (QED) is 0.806. The van der Waals surface area contributed by atoms with Gasteiger partial charge in [-0.05, 0) is 32.0 Å². The minimum absolute atomic E-state index is 0.108. The molecule has 0 fully saturated rings. The number of sulfone groups is 2. The summed E-state index contributed by atoms with van der Waals surface area (Å²) in [5.41, 5.74) is 3.06. The van der Waals surface area contributed by atoms with Crippen LogP contribution in [0.25, 0.3) is 0 Å². The minimum atomic E-state index is -3.44. The smallest absolute Gasteiger partial charge is 0.153 e. The van der Waals surface area contributed by atoms with Gasteiger partial charge in [0.05, 0.1) is 17.3 Å². The zero-order valence-corrected chi connectivity index (χ0v) is 14.5. The van der Waals surface area contributed by atoms with Crippen LogP contribution in [0.4, 0.5) is 0 Å². The number of hydrogen-bond acceptors (Lipinski definition) is 5. The van der Waals surface area contributed by atoms with Gasteiger partial charge in [0.1, 0.15) is 9.84 Å². The van der Waals surface area contributed by atoms with E-state index in [2.05, 4.69) is 5.32 Å². The molecule has 1 N–H and O–H groups in total. The van der Waals surface area contributed by atoms with E-state index in [4.69, 9.17) is 0 Å². The summed E-state index contributed by atoms with van der Waals surface area (Å²) >= 11 is 0. The number of aryl methyl sites for hydroxylation is 2. The van der Waals surface area contributed by atoms with E-state index in [9.17, 15) is 16.8 Å². The molecule has 0 saturated heterocycles. The van der Waals surface area contributed by atoms with Crippen molar-refractivity contribution in [2.24, 2.45) is 0 Å². The third-order valence-corrected chi connectivity index (χ3v) is 6.21. The van der Waals surface area contributed by atoms with Gasteiger partial charge in [-0.3, -0.25) is 0 Å². The van der Waals surface area contributed by atoms with Gasteiger partial charge in [0, 0.05) is 12.3 Å². The number of rotatable bonds is 7. The van der Waals surface area contributed by atoms with Gasteiger partial charge in [0.25, 0.3) is 0 Å². The molecule has 1 aromatic carbocycles. The fourth-order valence-corrected chi connectivity index (χ4v) is 5.41. The van der Waals surface area contributed by atoms with Crippen LogP contribution >= 0.6 is 0 Å². The summed E-state index contributed by atoms with van der Waals surface area (Å²) in [7, 11) is -5.02. The summed E-state index contributed by atoms with van der Waals surface area (Å²) in [6, 6.07) is 5.52. The van der Waals surface area contributed by atoms with E-state index in [0.717, 1.165) is 22.9 Å². The highest BCUT2D eigenvalue weighted by atomic mass is 32.2. The third kappa shape index (κ3) is 6.15. The second kappa shape index (κ2) is 6.89. The topological polar surface area (TPSA) is 80.3 Å². The molecular formula is C14H23NO4S2. The lowest BCUT2D eigenvalue weighted by atomic mass is 10.0. The van der Waals surface area contributed by atoms with Gasteiger partial charge in [-0.1, -0.05) is 23.8 Å². The van der Waals surface area contributed by atoms with Crippen LogP contribution in [0.3, 0.4) is 0 Å². The van der Waals surface area contributed by atoms with E-state index in [1.54, 1.807) is 7.05 Å². The van der Waals surface area contributed by atoms with Gasteiger partial charge in [-0.2, -0.15) is 0 Å². The lowest BCUT2D eigenvalue weighted by Crippen LogP contribution is -2.29. The molecule has 0 radical (unpaired) electrons. The predicted molar refractivity (Wildman–Crippen MR) is 86.1 cm³/mol. The maximum absolute atomic E-state index is 12.1. The molecular weight excluding hydrogens is 310 g/mol. The Morgan fingerprint density at radius 3 is 2.19 bits per heavy atom. The van der Waals surface area contributed by atoms with Crippen LogP contribution in [-0.4, -0.2) is 47.4 Å². The van der Waals surface area contributed by atoms with E-state index in [1.165, 1.54) is 0 Å². The van der Waals surface area contributed by atoms with Crippen molar-refractivity contribution in [3.63, 3.8) is 0 Å². The Bertz CT molecular complexity index is 694. The number of nitrogens with one attached hydrogen (secondary N) is 1. The number of hydrogen-bond donors (Lipinski definition) is 1. The van der Waals surface area contributed by atoms with Crippen molar-refractivity contribution in [3.05, 3.63) is 34.9 Å². The van der Waals surface area contributed by atoms with E-state index >= 15 is 0 Å². The van der Waals surface area contributed by atoms with Crippen molar-refractivity contribution in [1.82, 2.24) is 5.32 Å². The zero-order valence-electron chi connectivity index (χ0n) is 12.9. The molecule has 0 spiro atoms. The second-order valence-electron chi connectivity index (χ2n) is 5.45. The van der Waals surface area contributed by atoms with Crippen molar-refractivity contribution in [1.29, 1.82) is 0 Å². The van der Waals surface area contributed by atoms with Gasteiger partial charge in [0.2, 0.25) is 0 Å². The first-order chi connectivity index (χ1) is 9.54. The molecule has 0 aromatic heterocycles.